The van der Waals surface area contributed by atoms with Gasteiger partial charge in [0, 0.05) is 37.6 Å². The maximum absolute atomic E-state index is 13.0. The summed E-state index contributed by atoms with van der Waals surface area (Å²) >= 11 is 0. The van der Waals surface area contributed by atoms with E-state index in [0.717, 1.165) is 32.2 Å². The van der Waals surface area contributed by atoms with Crippen LogP contribution >= 0.6 is 0 Å². The molecule has 1 saturated heterocycles. The summed E-state index contributed by atoms with van der Waals surface area (Å²) in [6, 6.07) is 8.50. The number of fused-ring (bicyclic) bond motifs is 1. The molecule has 1 amide bonds. The molecule has 3 aromatic rings. The molecule has 0 N–H and O–H groups in total. The van der Waals surface area contributed by atoms with Gasteiger partial charge in [0.2, 0.25) is 0 Å². The zero-order chi connectivity index (χ0) is 17.9. The summed E-state index contributed by atoms with van der Waals surface area (Å²) in [4.78, 5) is 31.3. The molecule has 2 aromatic heterocycles. The van der Waals surface area contributed by atoms with Gasteiger partial charge in [0.25, 0.3) is 5.91 Å². The van der Waals surface area contributed by atoms with Gasteiger partial charge in [-0.2, -0.15) is 0 Å². The number of imidazole rings is 1. The number of piperidine rings is 1. The van der Waals surface area contributed by atoms with E-state index in [-0.39, 0.29) is 23.1 Å². The van der Waals surface area contributed by atoms with Crippen LogP contribution in [0, 0.1) is 0 Å². The van der Waals surface area contributed by atoms with Gasteiger partial charge in [0.05, 0.1) is 11.7 Å². The Bertz CT molecular complexity index is 962. The van der Waals surface area contributed by atoms with E-state index in [0.29, 0.717) is 17.5 Å². The topological polar surface area (TPSA) is 68.3 Å². The van der Waals surface area contributed by atoms with E-state index in [9.17, 15) is 9.59 Å². The number of amides is 1. The van der Waals surface area contributed by atoms with Gasteiger partial charge in [-0.3, -0.25) is 9.59 Å². The molecule has 0 bridgehead atoms. The van der Waals surface area contributed by atoms with Gasteiger partial charge in [-0.25, -0.2) is 4.98 Å². The summed E-state index contributed by atoms with van der Waals surface area (Å²) in [6.07, 6.45) is 9.39. The molecule has 0 saturated carbocycles. The number of carbonyl (C=O) groups excluding carboxylic acids is 1. The number of para-hydroxylation sites is 1. The Labute approximate surface area is 151 Å². The zero-order valence-corrected chi connectivity index (χ0v) is 14.5. The van der Waals surface area contributed by atoms with Gasteiger partial charge in [-0.1, -0.05) is 12.1 Å². The van der Waals surface area contributed by atoms with Crippen LogP contribution in [0.15, 0.2) is 58.3 Å². The maximum atomic E-state index is 13.0. The smallest absolute Gasteiger partial charge is 0.289 e. The van der Waals surface area contributed by atoms with E-state index in [4.69, 9.17) is 4.42 Å². The van der Waals surface area contributed by atoms with Crippen LogP contribution in [0.1, 0.15) is 36.2 Å². The van der Waals surface area contributed by atoms with E-state index in [1.54, 1.807) is 36.8 Å². The number of aryl methyl sites for hydroxylation is 1. The summed E-state index contributed by atoms with van der Waals surface area (Å²) < 4.78 is 7.77. The highest BCUT2D eigenvalue weighted by Gasteiger charge is 2.29. The third-order valence-corrected chi connectivity index (χ3v) is 5.01. The molecule has 3 heterocycles. The van der Waals surface area contributed by atoms with Gasteiger partial charge in [-0.05, 0) is 37.8 Å². The van der Waals surface area contributed by atoms with Crippen molar-refractivity contribution in [2.24, 2.45) is 0 Å². The normalized spacial score (nSPS) is 17.5. The van der Waals surface area contributed by atoms with Gasteiger partial charge in [0.15, 0.2) is 11.2 Å². The van der Waals surface area contributed by atoms with E-state index in [2.05, 4.69) is 4.98 Å². The first kappa shape index (κ1) is 16.6. The summed E-state index contributed by atoms with van der Waals surface area (Å²) in [6.45, 7) is 1.51. The van der Waals surface area contributed by atoms with Crippen molar-refractivity contribution in [1.82, 2.24) is 14.5 Å². The molecule has 134 valence electrons. The predicted octanol–water partition coefficient (Wildman–Crippen LogP) is 3.07. The fourth-order valence-corrected chi connectivity index (χ4v) is 3.64. The average molecular weight is 351 g/mol. The maximum Gasteiger partial charge on any atom is 0.289 e. The second-order valence-corrected chi connectivity index (χ2v) is 6.71. The van der Waals surface area contributed by atoms with Crippen molar-refractivity contribution in [3.63, 3.8) is 0 Å². The highest BCUT2D eigenvalue weighted by molar-refractivity contribution is 5.93. The van der Waals surface area contributed by atoms with Crippen LogP contribution in [-0.2, 0) is 6.54 Å². The lowest BCUT2D eigenvalue weighted by Gasteiger charge is -2.35. The third-order valence-electron chi connectivity index (χ3n) is 5.01. The fourth-order valence-electron chi connectivity index (χ4n) is 3.64. The molecule has 0 spiro atoms. The van der Waals surface area contributed by atoms with Crippen LogP contribution in [0.4, 0.5) is 0 Å². The molecule has 26 heavy (non-hydrogen) atoms. The van der Waals surface area contributed by atoms with Gasteiger partial charge in [0.1, 0.15) is 5.58 Å². The highest BCUT2D eigenvalue weighted by Crippen LogP contribution is 2.23. The Hall–Kier alpha value is -2.89. The number of likely N-dealkylation sites (tertiary alicyclic amines) is 1. The molecule has 6 heteroatoms. The first-order chi connectivity index (χ1) is 12.7. The van der Waals surface area contributed by atoms with Gasteiger partial charge in [-0.15, -0.1) is 0 Å². The molecular formula is C20H21N3O3. The molecule has 4 rings (SSSR count). The van der Waals surface area contributed by atoms with Crippen molar-refractivity contribution in [3.05, 3.63) is 65.0 Å². The average Bonchev–Trinajstić information content (AvgIpc) is 3.20. The minimum atomic E-state index is -0.191. The van der Waals surface area contributed by atoms with Crippen LogP contribution in [0.5, 0.6) is 0 Å². The molecule has 1 aliphatic heterocycles. The summed E-state index contributed by atoms with van der Waals surface area (Å²) in [7, 11) is 0. The summed E-state index contributed by atoms with van der Waals surface area (Å²) in [5, 5.41) is 0.499. The second kappa shape index (κ2) is 7.15. The van der Waals surface area contributed by atoms with Crippen LogP contribution in [0.3, 0.4) is 0 Å². The highest BCUT2D eigenvalue weighted by atomic mass is 16.3. The Morgan fingerprint density at radius 1 is 1.27 bits per heavy atom. The summed E-state index contributed by atoms with van der Waals surface area (Å²) in [5.41, 5.74) is 0.275. The predicted molar refractivity (Wildman–Crippen MR) is 98.0 cm³/mol. The Balaban J connectivity index is 1.57. The number of aromatic nitrogens is 2. The quantitative estimate of drug-likeness (QED) is 0.724. The number of nitrogens with zero attached hydrogens (tertiary/aromatic N) is 3. The van der Waals surface area contributed by atoms with Crippen molar-refractivity contribution >= 4 is 16.9 Å². The lowest BCUT2D eigenvalue weighted by molar-refractivity contribution is 0.0563. The first-order valence-electron chi connectivity index (χ1n) is 9.02. The molecule has 0 radical (unpaired) electrons. The fraction of sp³-hybridized carbons (Fsp3) is 0.350. The molecule has 1 aromatic carbocycles. The van der Waals surface area contributed by atoms with Crippen LogP contribution < -0.4 is 5.43 Å². The number of hydrogen-bond acceptors (Lipinski definition) is 4. The summed E-state index contributed by atoms with van der Waals surface area (Å²) in [5.74, 6) is -0.0635. The standard InChI is InChI=1S/C20H21N3O3/c24-17-13-19(26-18-7-2-1-6-16(17)18)20(25)23-10-4-3-5-15(23)8-11-22-12-9-21-14-22/h1-2,6-7,9,12-15H,3-5,8,10-11H2/t15-/m1/s1. The Kier molecular flexibility index (Phi) is 4.56. The Morgan fingerprint density at radius 2 is 2.15 bits per heavy atom. The van der Waals surface area contributed by atoms with E-state index in [1.807, 2.05) is 15.7 Å². The molecular weight excluding hydrogens is 330 g/mol. The molecule has 1 fully saturated rings. The number of hydrogen-bond donors (Lipinski definition) is 0. The first-order valence-corrected chi connectivity index (χ1v) is 9.02. The zero-order valence-electron chi connectivity index (χ0n) is 14.5. The molecule has 1 aliphatic rings. The molecule has 6 nitrogen and oxygen atoms in total. The van der Waals surface area contributed by atoms with E-state index >= 15 is 0 Å². The second-order valence-electron chi connectivity index (χ2n) is 6.71. The minimum Gasteiger partial charge on any atom is -0.451 e. The lowest BCUT2D eigenvalue weighted by Crippen LogP contribution is -2.44. The largest absolute Gasteiger partial charge is 0.451 e. The van der Waals surface area contributed by atoms with Crippen molar-refractivity contribution < 1.29 is 9.21 Å². The minimum absolute atomic E-state index is 0.128. The third kappa shape index (κ3) is 3.27. The molecule has 0 aliphatic carbocycles. The SMILES string of the molecule is O=C(c1cc(=O)c2ccccc2o1)N1CCCC[C@@H]1CCn1ccnc1. The van der Waals surface area contributed by atoms with Crippen LogP contribution in [-0.4, -0.2) is 32.9 Å². The van der Waals surface area contributed by atoms with E-state index in [1.165, 1.54) is 6.07 Å². The van der Waals surface area contributed by atoms with E-state index < -0.39 is 0 Å². The van der Waals surface area contributed by atoms with Gasteiger partial charge >= 0.3 is 0 Å². The van der Waals surface area contributed by atoms with Crippen molar-refractivity contribution in [1.29, 1.82) is 0 Å². The lowest BCUT2D eigenvalue weighted by atomic mass is 9.98. The number of benzene rings is 1. The Morgan fingerprint density at radius 3 is 3.00 bits per heavy atom. The molecule has 0 unspecified atom stereocenters. The number of carbonyl (C=O) groups is 1. The molecule has 1 atom stereocenters. The van der Waals surface area contributed by atoms with Crippen molar-refractivity contribution in [3.8, 4) is 0 Å². The van der Waals surface area contributed by atoms with Crippen molar-refractivity contribution in [2.75, 3.05) is 6.54 Å². The van der Waals surface area contributed by atoms with Crippen LogP contribution in [0.25, 0.3) is 11.0 Å². The number of rotatable bonds is 4. The monoisotopic (exact) mass is 351 g/mol. The van der Waals surface area contributed by atoms with Crippen molar-refractivity contribution in [2.45, 2.75) is 38.3 Å². The van der Waals surface area contributed by atoms with Crippen LogP contribution in [0.2, 0.25) is 0 Å². The van der Waals surface area contributed by atoms with Gasteiger partial charge < -0.3 is 13.9 Å².